The van der Waals surface area contributed by atoms with Crippen LogP contribution in [0.5, 0.6) is 0 Å². The van der Waals surface area contributed by atoms with Crippen molar-refractivity contribution in [2.24, 2.45) is 0 Å². The molecule has 0 spiro atoms. The molecule has 126 valence electrons. The van der Waals surface area contributed by atoms with Crippen LogP contribution >= 0.6 is 11.6 Å². The van der Waals surface area contributed by atoms with E-state index in [4.69, 9.17) is 11.6 Å². The molecule has 0 bridgehead atoms. The molecule has 2 aliphatic carbocycles. The van der Waals surface area contributed by atoms with Gasteiger partial charge in [0.1, 0.15) is 5.82 Å². The monoisotopic (exact) mass is 344 g/mol. The molecule has 1 heterocycles. The Labute approximate surface area is 146 Å². The largest absolute Gasteiger partial charge is 0.330 e. The molecule has 0 aliphatic heterocycles. The topological polar surface area (TPSA) is 51.0 Å². The van der Waals surface area contributed by atoms with Gasteiger partial charge in [-0.1, -0.05) is 36.6 Å². The summed E-state index contributed by atoms with van der Waals surface area (Å²) in [7, 11) is 0. The third kappa shape index (κ3) is 2.81. The molecule has 2 fully saturated rings. The number of para-hydroxylation sites is 1. The van der Waals surface area contributed by atoms with Gasteiger partial charge in [0.2, 0.25) is 5.82 Å². The summed E-state index contributed by atoms with van der Waals surface area (Å²) in [6.45, 7) is 1.85. The van der Waals surface area contributed by atoms with Gasteiger partial charge < -0.3 is 4.90 Å². The minimum atomic E-state index is -0.0293. The van der Waals surface area contributed by atoms with Crippen LogP contribution < -0.4 is 0 Å². The average molecular weight is 345 g/mol. The van der Waals surface area contributed by atoms with Crippen molar-refractivity contribution in [3.8, 4) is 5.69 Å². The van der Waals surface area contributed by atoms with Gasteiger partial charge in [-0.05, 0) is 44.7 Å². The van der Waals surface area contributed by atoms with E-state index in [1.165, 1.54) is 12.8 Å². The minimum absolute atomic E-state index is 0.0293. The Hall–Kier alpha value is -1.88. The maximum atomic E-state index is 13.0. The molecular formula is C18H21ClN4O. The fraction of sp³-hybridized carbons (Fsp3) is 0.500. The van der Waals surface area contributed by atoms with E-state index < -0.39 is 0 Å². The van der Waals surface area contributed by atoms with Crippen LogP contribution in [-0.4, -0.2) is 37.7 Å². The van der Waals surface area contributed by atoms with Crippen LogP contribution in [-0.2, 0) is 0 Å². The molecule has 0 unspecified atom stereocenters. The number of rotatable bonds is 4. The zero-order valence-electron chi connectivity index (χ0n) is 13.8. The number of aryl methyl sites for hydroxylation is 1. The number of amides is 1. The molecule has 2 aromatic rings. The van der Waals surface area contributed by atoms with Crippen LogP contribution in [0.25, 0.3) is 5.69 Å². The van der Waals surface area contributed by atoms with E-state index in [1.807, 2.05) is 31.2 Å². The Morgan fingerprint density at radius 1 is 1.17 bits per heavy atom. The lowest BCUT2D eigenvalue weighted by Gasteiger charge is -2.27. The summed E-state index contributed by atoms with van der Waals surface area (Å²) >= 11 is 6.26. The van der Waals surface area contributed by atoms with Crippen LogP contribution in [0, 0.1) is 6.92 Å². The van der Waals surface area contributed by atoms with Crippen molar-refractivity contribution in [3.63, 3.8) is 0 Å². The number of hydrogen-bond donors (Lipinski definition) is 0. The van der Waals surface area contributed by atoms with Gasteiger partial charge in [0.15, 0.2) is 0 Å². The van der Waals surface area contributed by atoms with Gasteiger partial charge in [0, 0.05) is 12.1 Å². The third-order valence-electron chi connectivity index (χ3n) is 4.93. The van der Waals surface area contributed by atoms with Crippen LogP contribution in [0.3, 0.4) is 0 Å². The van der Waals surface area contributed by atoms with E-state index in [0.29, 0.717) is 22.9 Å². The zero-order chi connectivity index (χ0) is 16.7. The number of hydrogen-bond acceptors (Lipinski definition) is 3. The third-order valence-corrected chi connectivity index (χ3v) is 5.25. The van der Waals surface area contributed by atoms with Crippen LogP contribution in [0.4, 0.5) is 0 Å². The fourth-order valence-electron chi connectivity index (χ4n) is 3.61. The molecule has 6 heteroatoms. The van der Waals surface area contributed by atoms with Crippen molar-refractivity contribution >= 4 is 17.5 Å². The Bertz CT molecular complexity index is 762. The van der Waals surface area contributed by atoms with Crippen LogP contribution in [0.15, 0.2) is 24.3 Å². The smallest absolute Gasteiger partial charge is 0.294 e. The van der Waals surface area contributed by atoms with Gasteiger partial charge in [-0.25, -0.2) is 9.67 Å². The highest BCUT2D eigenvalue weighted by molar-refractivity contribution is 6.32. The first-order chi connectivity index (χ1) is 11.6. The molecule has 0 radical (unpaired) electrons. The number of nitrogens with zero attached hydrogens (tertiary/aromatic N) is 4. The Morgan fingerprint density at radius 2 is 1.83 bits per heavy atom. The van der Waals surface area contributed by atoms with Gasteiger partial charge in [-0.2, -0.15) is 0 Å². The van der Waals surface area contributed by atoms with Gasteiger partial charge in [0.25, 0.3) is 5.91 Å². The van der Waals surface area contributed by atoms with Gasteiger partial charge in [-0.3, -0.25) is 4.79 Å². The number of halogens is 1. The van der Waals surface area contributed by atoms with Crippen molar-refractivity contribution in [2.75, 3.05) is 0 Å². The molecule has 5 nitrogen and oxygen atoms in total. The van der Waals surface area contributed by atoms with E-state index in [2.05, 4.69) is 15.0 Å². The van der Waals surface area contributed by atoms with Crippen molar-refractivity contribution in [3.05, 3.63) is 40.9 Å². The van der Waals surface area contributed by atoms with Gasteiger partial charge in [0.05, 0.1) is 10.7 Å². The van der Waals surface area contributed by atoms with E-state index >= 15 is 0 Å². The Balaban J connectivity index is 1.65. The minimum Gasteiger partial charge on any atom is -0.330 e. The summed E-state index contributed by atoms with van der Waals surface area (Å²) in [6.07, 6.45) is 6.83. The summed E-state index contributed by atoms with van der Waals surface area (Å²) < 4.78 is 1.66. The van der Waals surface area contributed by atoms with E-state index in [9.17, 15) is 4.79 Å². The second-order valence-electron chi connectivity index (χ2n) is 6.73. The van der Waals surface area contributed by atoms with Crippen molar-refractivity contribution in [1.82, 2.24) is 19.7 Å². The predicted octanol–water partition coefficient (Wildman–Crippen LogP) is 3.78. The predicted molar refractivity (Wildman–Crippen MR) is 92.6 cm³/mol. The lowest BCUT2D eigenvalue weighted by atomic mass is 10.2. The zero-order valence-corrected chi connectivity index (χ0v) is 14.5. The second-order valence-corrected chi connectivity index (χ2v) is 7.13. The maximum Gasteiger partial charge on any atom is 0.294 e. The number of carbonyl (C=O) groups excluding carboxylic acids is 1. The van der Waals surface area contributed by atoms with E-state index in [1.54, 1.807) is 4.68 Å². The van der Waals surface area contributed by atoms with Crippen LogP contribution in [0.2, 0.25) is 5.02 Å². The van der Waals surface area contributed by atoms with Crippen molar-refractivity contribution < 1.29 is 4.79 Å². The first-order valence-corrected chi connectivity index (χ1v) is 9.04. The Kier molecular flexibility index (Phi) is 4.04. The highest BCUT2D eigenvalue weighted by Crippen LogP contribution is 2.35. The second kappa shape index (κ2) is 6.20. The molecule has 1 amide bonds. The van der Waals surface area contributed by atoms with Crippen molar-refractivity contribution in [2.45, 2.75) is 57.5 Å². The average Bonchev–Trinajstić information content (AvgIpc) is 3.10. The SMILES string of the molecule is Cc1nc(C(=O)N(C2CCCC2)C2CC2)nn1-c1ccccc1Cl. The summed E-state index contributed by atoms with van der Waals surface area (Å²) in [6, 6.07) is 8.21. The lowest BCUT2D eigenvalue weighted by molar-refractivity contribution is 0.0651. The molecule has 4 rings (SSSR count). The van der Waals surface area contributed by atoms with Gasteiger partial charge in [-0.15, -0.1) is 5.10 Å². The Morgan fingerprint density at radius 3 is 2.50 bits per heavy atom. The number of aromatic nitrogens is 3. The van der Waals surface area contributed by atoms with Crippen LogP contribution in [0.1, 0.15) is 55.0 Å². The first-order valence-electron chi connectivity index (χ1n) is 8.66. The standard InChI is InChI=1S/C18H21ClN4O/c1-12-20-17(21-23(12)16-9-5-4-8-15(16)19)18(24)22(14-10-11-14)13-6-2-3-7-13/h4-5,8-9,13-14H,2-3,6-7,10-11H2,1H3. The molecule has 2 aliphatic rings. The van der Waals surface area contributed by atoms with E-state index in [-0.39, 0.29) is 11.7 Å². The molecule has 2 saturated carbocycles. The maximum absolute atomic E-state index is 13.0. The molecule has 0 saturated heterocycles. The normalized spacial score (nSPS) is 18.1. The first kappa shape index (κ1) is 15.6. The molecule has 0 N–H and O–H groups in total. The highest BCUT2D eigenvalue weighted by Gasteiger charge is 2.40. The number of benzene rings is 1. The fourth-order valence-corrected chi connectivity index (χ4v) is 3.83. The highest BCUT2D eigenvalue weighted by atomic mass is 35.5. The molecule has 1 aromatic heterocycles. The summed E-state index contributed by atoms with van der Waals surface area (Å²) in [5.74, 6) is 0.929. The quantitative estimate of drug-likeness (QED) is 0.848. The lowest BCUT2D eigenvalue weighted by Crippen LogP contribution is -2.41. The molecule has 24 heavy (non-hydrogen) atoms. The molecular weight excluding hydrogens is 324 g/mol. The van der Waals surface area contributed by atoms with E-state index in [0.717, 1.165) is 31.4 Å². The van der Waals surface area contributed by atoms with Gasteiger partial charge >= 0.3 is 0 Å². The summed E-state index contributed by atoms with van der Waals surface area (Å²) in [4.78, 5) is 19.5. The number of carbonyl (C=O) groups is 1. The van der Waals surface area contributed by atoms with Crippen molar-refractivity contribution in [1.29, 1.82) is 0 Å². The summed E-state index contributed by atoms with van der Waals surface area (Å²) in [5.41, 5.74) is 0.752. The molecule has 1 aromatic carbocycles. The summed E-state index contributed by atoms with van der Waals surface area (Å²) in [5, 5.41) is 5.07. The molecule has 0 atom stereocenters.